The number of nitrogens with one attached hydrogen (secondary N) is 2. The third-order valence-corrected chi connectivity index (χ3v) is 10.5. The summed E-state index contributed by atoms with van der Waals surface area (Å²) in [5.41, 5.74) is 3.65. The molecule has 2 aromatic heterocycles. The van der Waals surface area contributed by atoms with Crippen molar-refractivity contribution < 1.29 is 33.6 Å². The number of ether oxygens (including phenoxy) is 4. The van der Waals surface area contributed by atoms with Crippen LogP contribution < -0.4 is 24.8 Å². The number of fused-ring (bicyclic) bond motifs is 2. The molecule has 0 atom stereocenters. The Morgan fingerprint density at radius 1 is 1.04 bits per heavy atom. The number of carboxylic acid groups (broad SMARTS) is 1. The highest BCUT2D eigenvalue weighted by molar-refractivity contribution is 6.76. The van der Waals surface area contributed by atoms with Crippen molar-refractivity contribution in [1.29, 1.82) is 0 Å². The predicted octanol–water partition coefficient (Wildman–Crippen LogP) is 5.55. The van der Waals surface area contributed by atoms with Crippen LogP contribution in [0.1, 0.15) is 54.6 Å². The van der Waals surface area contributed by atoms with Crippen LogP contribution >= 0.6 is 0 Å². The zero-order valence-corrected chi connectivity index (χ0v) is 27.5. The molecule has 0 radical (unpaired) electrons. The molecule has 2 aliphatic carbocycles. The van der Waals surface area contributed by atoms with Crippen molar-refractivity contribution in [2.24, 2.45) is 5.92 Å². The molecule has 3 heterocycles. The smallest absolute Gasteiger partial charge is 0.404 e. The van der Waals surface area contributed by atoms with Crippen molar-refractivity contribution in [2.75, 3.05) is 20.0 Å². The highest BCUT2D eigenvalue weighted by Crippen LogP contribution is 2.49. The summed E-state index contributed by atoms with van der Waals surface area (Å²) >= 11 is 0. The van der Waals surface area contributed by atoms with Gasteiger partial charge < -0.3 is 39.3 Å². The lowest BCUT2D eigenvalue weighted by Crippen LogP contribution is -2.43. The van der Waals surface area contributed by atoms with Gasteiger partial charge in [-0.05, 0) is 69.5 Å². The van der Waals surface area contributed by atoms with E-state index in [9.17, 15) is 9.59 Å². The lowest BCUT2D eigenvalue weighted by molar-refractivity contribution is 0.0877. The first-order valence-electron chi connectivity index (χ1n) is 15.9. The molecular formula is C32H43N5O7Si. The van der Waals surface area contributed by atoms with Gasteiger partial charge >= 0.3 is 6.09 Å². The normalized spacial score (nSPS) is 19.5. The van der Waals surface area contributed by atoms with Gasteiger partial charge in [-0.3, -0.25) is 4.79 Å². The first-order valence-corrected chi connectivity index (χ1v) is 19.6. The summed E-state index contributed by atoms with van der Waals surface area (Å²) in [4.78, 5) is 34.5. The Labute approximate surface area is 263 Å². The Kier molecular flexibility index (Phi) is 8.91. The number of aromatic nitrogens is 3. The van der Waals surface area contributed by atoms with Gasteiger partial charge in [0, 0.05) is 32.5 Å². The Hall–Kier alpha value is -3.84. The van der Waals surface area contributed by atoms with E-state index in [0.717, 1.165) is 24.6 Å². The fraction of sp³-hybridized carbons (Fsp3) is 0.562. The van der Waals surface area contributed by atoms with Gasteiger partial charge in [-0.15, -0.1) is 0 Å². The van der Waals surface area contributed by atoms with E-state index in [-0.39, 0.29) is 31.5 Å². The van der Waals surface area contributed by atoms with Crippen LogP contribution in [0.5, 0.6) is 17.2 Å². The molecule has 12 nitrogen and oxygen atoms in total. The summed E-state index contributed by atoms with van der Waals surface area (Å²) in [5, 5.41) is 14.8. The van der Waals surface area contributed by atoms with Crippen molar-refractivity contribution in [2.45, 2.75) is 89.9 Å². The number of hydrogen-bond donors (Lipinski definition) is 3. The molecular weight excluding hydrogens is 594 g/mol. The van der Waals surface area contributed by atoms with E-state index >= 15 is 0 Å². The minimum Gasteiger partial charge on any atom is -0.492 e. The zero-order valence-electron chi connectivity index (χ0n) is 26.5. The Morgan fingerprint density at radius 2 is 1.78 bits per heavy atom. The summed E-state index contributed by atoms with van der Waals surface area (Å²) in [5.74, 6) is 2.15. The van der Waals surface area contributed by atoms with Crippen LogP contribution in [0, 0.1) is 12.8 Å². The molecule has 6 rings (SSSR count). The second-order valence-electron chi connectivity index (χ2n) is 13.6. The molecule has 13 heteroatoms. The van der Waals surface area contributed by atoms with Crippen molar-refractivity contribution in [3.05, 3.63) is 29.7 Å². The van der Waals surface area contributed by atoms with Crippen LogP contribution in [-0.2, 0) is 11.5 Å². The maximum Gasteiger partial charge on any atom is 0.404 e. The van der Waals surface area contributed by atoms with Crippen molar-refractivity contribution in [1.82, 2.24) is 25.2 Å². The summed E-state index contributed by atoms with van der Waals surface area (Å²) in [6, 6.07) is 4.60. The Morgan fingerprint density at radius 3 is 2.47 bits per heavy atom. The monoisotopic (exact) mass is 637 g/mol. The van der Waals surface area contributed by atoms with Gasteiger partial charge in [-0.25, -0.2) is 14.8 Å². The summed E-state index contributed by atoms with van der Waals surface area (Å²) in [7, 11) is -1.32. The van der Waals surface area contributed by atoms with Crippen LogP contribution in [0.2, 0.25) is 25.7 Å². The van der Waals surface area contributed by atoms with E-state index in [0.29, 0.717) is 89.9 Å². The molecule has 2 amide bonds. The molecule has 3 aliphatic rings. The minimum atomic E-state index is -1.32. The molecule has 0 saturated heterocycles. The van der Waals surface area contributed by atoms with Crippen molar-refractivity contribution >= 4 is 31.1 Å². The lowest BCUT2D eigenvalue weighted by atomic mass is 9.91. The Balaban J connectivity index is 1.38. The number of carbonyl (C=O) groups excluding carboxylic acids is 1. The second kappa shape index (κ2) is 12.9. The number of benzene rings is 1. The lowest BCUT2D eigenvalue weighted by Gasteiger charge is -2.28. The quantitative estimate of drug-likeness (QED) is 0.172. The van der Waals surface area contributed by atoms with Gasteiger partial charge in [-0.1, -0.05) is 19.6 Å². The SMILES string of the molecule is Cc1c(C(=O)N[C@H]2CC[C@@H](NC(=O)O)CC2)c2ncnc(-c3c(OCC4CC4)ccc4c3OCO4)c2n1COCC[Si](C)(C)C. The molecule has 2 fully saturated rings. The standard InChI is InChI=1S/C32H43N5O7Si/c1-19-25(31(38)35-21-7-9-22(10-8-21)36-32(39)40)27-29(37(19)17-41-13-14-45(2,3)4)28(34-16-33-27)26-23(42-15-20-5-6-20)11-12-24-30(26)44-18-43-24/h11-12,16,20-22,36H,5-10,13-15,17-18H2,1-4H3,(H,35,38)(H,39,40)/t21-,22+. The largest absolute Gasteiger partial charge is 0.492 e. The van der Waals surface area contributed by atoms with Crippen molar-refractivity contribution in [3.63, 3.8) is 0 Å². The van der Waals surface area contributed by atoms with Gasteiger partial charge in [0.2, 0.25) is 6.79 Å². The van der Waals surface area contributed by atoms with Gasteiger partial charge in [0.1, 0.15) is 30.0 Å². The molecule has 0 spiro atoms. The third kappa shape index (κ3) is 7.04. The van der Waals surface area contributed by atoms with Crippen LogP contribution in [-0.4, -0.2) is 71.8 Å². The highest BCUT2D eigenvalue weighted by atomic mass is 28.3. The molecule has 1 aliphatic heterocycles. The molecule has 45 heavy (non-hydrogen) atoms. The fourth-order valence-electron chi connectivity index (χ4n) is 6.05. The van der Waals surface area contributed by atoms with Gasteiger partial charge in [0.05, 0.1) is 23.3 Å². The topological polar surface area (TPSA) is 146 Å². The highest BCUT2D eigenvalue weighted by Gasteiger charge is 2.32. The van der Waals surface area contributed by atoms with Crippen LogP contribution in [0.25, 0.3) is 22.3 Å². The summed E-state index contributed by atoms with van der Waals surface area (Å²) < 4.78 is 26.3. The summed E-state index contributed by atoms with van der Waals surface area (Å²) in [6.07, 6.45) is 5.48. The van der Waals surface area contributed by atoms with E-state index in [4.69, 9.17) is 29.0 Å². The van der Waals surface area contributed by atoms with E-state index in [2.05, 4.69) is 35.3 Å². The molecule has 3 N–H and O–H groups in total. The van der Waals surface area contributed by atoms with Crippen LogP contribution in [0.3, 0.4) is 0 Å². The average Bonchev–Trinajstić information content (AvgIpc) is 3.61. The molecule has 3 aromatic rings. The van der Waals surface area contributed by atoms with Gasteiger partial charge in [0.25, 0.3) is 5.91 Å². The molecule has 0 bridgehead atoms. The van der Waals surface area contributed by atoms with E-state index in [1.807, 2.05) is 23.6 Å². The van der Waals surface area contributed by atoms with Gasteiger partial charge in [-0.2, -0.15) is 0 Å². The van der Waals surface area contributed by atoms with Crippen LogP contribution in [0.4, 0.5) is 4.79 Å². The second-order valence-corrected chi connectivity index (χ2v) is 19.2. The molecule has 1 aromatic carbocycles. The minimum absolute atomic E-state index is 0.0678. The zero-order chi connectivity index (χ0) is 31.7. The average molecular weight is 638 g/mol. The predicted molar refractivity (Wildman–Crippen MR) is 171 cm³/mol. The van der Waals surface area contributed by atoms with E-state index in [1.54, 1.807) is 0 Å². The van der Waals surface area contributed by atoms with Gasteiger partial charge in [0.15, 0.2) is 11.5 Å². The first kappa shape index (κ1) is 31.2. The van der Waals surface area contributed by atoms with Crippen LogP contribution in [0.15, 0.2) is 18.5 Å². The third-order valence-electron chi connectivity index (χ3n) is 8.84. The fourth-order valence-corrected chi connectivity index (χ4v) is 6.80. The number of hydrogen-bond acceptors (Lipinski definition) is 8. The maximum atomic E-state index is 14.0. The first-order chi connectivity index (χ1) is 21.6. The Bertz CT molecular complexity index is 1570. The number of nitrogens with zero attached hydrogens (tertiary/aromatic N) is 3. The maximum absolute atomic E-state index is 14.0. The molecule has 0 unspecified atom stereocenters. The number of amides is 2. The summed E-state index contributed by atoms with van der Waals surface area (Å²) in [6.45, 7) is 10.4. The number of carbonyl (C=O) groups is 2. The van der Waals surface area contributed by atoms with E-state index < -0.39 is 14.2 Å². The molecule has 2 saturated carbocycles. The van der Waals surface area contributed by atoms with E-state index in [1.165, 1.54) is 6.33 Å². The van der Waals surface area contributed by atoms with Crippen molar-refractivity contribution in [3.8, 4) is 28.5 Å². The molecule has 242 valence electrons. The number of rotatable bonds is 12.